The van der Waals surface area contributed by atoms with Gasteiger partial charge in [0.15, 0.2) is 5.11 Å². The number of hydrogen-bond donors (Lipinski definition) is 2. The van der Waals surface area contributed by atoms with Crippen molar-refractivity contribution in [2.75, 3.05) is 10.6 Å². The molecule has 0 saturated carbocycles. The topological polar surface area (TPSA) is 41.9 Å². The predicted molar refractivity (Wildman–Crippen MR) is 117 cm³/mol. The second kappa shape index (κ2) is 7.97. The van der Waals surface area contributed by atoms with Gasteiger partial charge >= 0.3 is 6.18 Å². The highest BCUT2D eigenvalue weighted by Crippen LogP contribution is 2.30. The van der Waals surface area contributed by atoms with E-state index in [0.717, 1.165) is 34.4 Å². The average molecular weight is 447 g/mol. The quantitative estimate of drug-likeness (QED) is 0.352. The van der Waals surface area contributed by atoms with Crippen LogP contribution in [-0.4, -0.2) is 14.9 Å². The molecule has 0 aliphatic carbocycles. The standard InChI is InChI=1S/C21H14ClF3N4S/c22-18-2-1-3-19-17(18)12-26-29(19)16-10-8-15(9-11-16)28-20(30)27-14-6-4-13(5-7-14)21(23,24)25/h1-12H,(H2,27,28,30). The summed E-state index contributed by atoms with van der Waals surface area (Å²) in [6, 6.07) is 17.7. The van der Waals surface area contributed by atoms with Crippen molar-refractivity contribution in [1.82, 2.24) is 9.78 Å². The second-order valence-corrected chi connectivity index (χ2v) is 7.25. The van der Waals surface area contributed by atoms with E-state index < -0.39 is 11.7 Å². The van der Waals surface area contributed by atoms with Gasteiger partial charge in [-0.05, 0) is 72.9 Å². The molecule has 0 aliphatic heterocycles. The molecule has 4 nitrogen and oxygen atoms in total. The van der Waals surface area contributed by atoms with Gasteiger partial charge in [-0.2, -0.15) is 18.3 Å². The number of nitrogens with zero attached hydrogens (tertiary/aromatic N) is 2. The van der Waals surface area contributed by atoms with E-state index in [1.165, 1.54) is 12.1 Å². The fourth-order valence-corrected chi connectivity index (χ4v) is 3.40. The molecule has 1 aromatic heterocycles. The molecule has 2 N–H and O–H groups in total. The molecule has 9 heteroatoms. The van der Waals surface area contributed by atoms with Crippen molar-refractivity contribution in [2.24, 2.45) is 0 Å². The van der Waals surface area contributed by atoms with Crippen molar-refractivity contribution in [3.8, 4) is 5.69 Å². The average Bonchev–Trinajstić information content (AvgIpc) is 3.14. The fourth-order valence-electron chi connectivity index (χ4n) is 2.94. The maximum atomic E-state index is 12.6. The molecule has 0 unspecified atom stereocenters. The summed E-state index contributed by atoms with van der Waals surface area (Å²) in [4.78, 5) is 0. The first-order valence-corrected chi connectivity index (χ1v) is 9.58. The normalized spacial score (nSPS) is 11.5. The third-order valence-electron chi connectivity index (χ3n) is 4.40. The van der Waals surface area contributed by atoms with Gasteiger partial charge in [-0.1, -0.05) is 17.7 Å². The molecule has 0 bridgehead atoms. The molecule has 0 amide bonds. The Bertz CT molecular complexity index is 1200. The van der Waals surface area contributed by atoms with Crippen LogP contribution in [0.25, 0.3) is 16.6 Å². The lowest BCUT2D eigenvalue weighted by atomic mass is 10.2. The van der Waals surface area contributed by atoms with Crippen LogP contribution in [0.15, 0.2) is 72.9 Å². The molecule has 30 heavy (non-hydrogen) atoms. The first-order chi connectivity index (χ1) is 14.3. The Morgan fingerprint density at radius 1 is 0.900 bits per heavy atom. The number of hydrogen-bond acceptors (Lipinski definition) is 2. The van der Waals surface area contributed by atoms with Gasteiger partial charge in [0, 0.05) is 16.8 Å². The van der Waals surface area contributed by atoms with Crippen LogP contribution in [0, 0.1) is 0 Å². The highest BCUT2D eigenvalue weighted by Gasteiger charge is 2.29. The van der Waals surface area contributed by atoms with E-state index >= 15 is 0 Å². The molecule has 4 aromatic rings. The zero-order chi connectivity index (χ0) is 21.3. The predicted octanol–water partition coefficient (Wildman–Crippen LogP) is 6.51. The van der Waals surface area contributed by atoms with Crippen LogP contribution in [0.3, 0.4) is 0 Å². The zero-order valence-electron chi connectivity index (χ0n) is 15.2. The van der Waals surface area contributed by atoms with Gasteiger partial charge in [0.25, 0.3) is 0 Å². The number of thiocarbonyl (C=S) groups is 1. The third kappa shape index (κ3) is 4.24. The smallest absolute Gasteiger partial charge is 0.332 e. The Morgan fingerprint density at radius 3 is 2.10 bits per heavy atom. The maximum absolute atomic E-state index is 12.6. The van der Waals surface area contributed by atoms with Crippen molar-refractivity contribution in [3.63, 3.8) is 0 Å². The Hall–Kier alpha value is -3.10. The lowest BCUT2D eigenvalue weighted by molar-refractivity contribution is -0.137. The Labute approximate surface area is 180 Å². The van der Waals surface area contributed by atoms with Crippen LogP contribution < -0.4 is 10.6 Å². The molecule has 1 heterocycles. The fraction of sp³-hybridized carbons (Fsp3) is 0.0476. The van der Waals surface area contributed by atoms with Crippen molar-refractivity contribution in [3.05, 3.63) is 83.5 Å². The van der Waals surface area contributed by atoms with Crippen molar-refractivity contribution < 1.29 is 13.2 Å². The van der Waals surface area contributed by atoms with Gasteiger partial charge in [-0.3, -0.25) is 0 Å². The second-order valence-electron chi connectivity index (χ2n) is 6.43. The molecule has 152 valence electrons. The van der Waals surface area contributed by atoms with Gasteiger partial charge in [-0.15, -0.1) is 0 Å². The van der Waals surface area contributed by atoms with E-state index in [-0.39, 0.29) is 5.11 Å². The molecule has 4 rings (SSSR count). The van der Waals surface area contributed by atoms with Crippen LogP contribution in [0.5, 0.6) is 0 Å². The number of rotatable bonds is 3. The summed E-state index contributed by atoms with van der Waals surface area (Å²) < 4.78 is 39.7. The molecule has 3 aromatic carbocycles. The van der Waals surface area contributed by atoms with E-state index in [4.69, 9.17) is 23.8 Å². The monoisotopic (exact) mass is 446 g/mol. The van der Waals surface area contributed by atoms with Gasteiger partial charge in [0.2, 0.25) is 0 Å². The molecule has 0 atom stereocenters. The molecular formula is C21H14ClF3N4S. The summed E-state index contributed by atoms with van der Waals surface area (Å²) in [5.41, 5.74) is 2.20. The number of fused-ring (bicyclic) bond motifs is 1. The third-order valence-corrected chi connectivity index (χ3v) is 4.93. The van der Waals surface area contributed by atoms with Crippen molar-refractivity contribution in [2.45, 2.75) is 6.18 Å². The Kier molecular flexibility index (Phi) is 5.36. The summed E-state index contributed by atoms with van der Waals surface area (Å²) >= 11 is 11.4. The zero-order valence-corrected chi connectivity index (χ0v) is 16.8. The number of nitrogens with one attached hydrogen (secondary N) is 2. The van der Waals surface area contributed by atoms with Gasteiger partial charge in [0.1, 0.15) is 0 Å². The summed E-state index contributed by atoms with van der Waals surface area (Å²) in [7, 11) is 0. The van der Waals surface area contributed by atoms with Crippen LogP contribution >= 0.6 is 23.8 Å². The van der Waals surface area contributed by atoms with Crippen LogP contribution in [0.4, 0.5) is 24.5 Å². The van der Waals surface area contributed by atoms with E-state index in [9.17, 15) is 13.2 Å². The van der Waals surface area contributed by atoms with E-state index in [1.54, 1.807) is 10.9 Å². The van der Waals surface area contributed by atoms with Gasteiger partial charge < -0.3 is 10.6 Å². The molecular weight excluding hydrogens is 433 g/mol. The lowest BCUT2D eigenvalue weighted by Crippen LogP contribution is -2.19. The van der Waals surface area contributed by atoms with Crippen LogP contribution in [-0.2, 0) is 6.18 Å². The first kappa shape index (κ1) is 20.2. The van der Waals surface area contributed by atoms with Crippen molar-refractivity contribution >= 4 is 51.2 Å². The summed E-state index contributed by atoms with van der Waals surface area (Å²) in [6.07, 6.45) is -2.66. The minimum Gasteiger partial charge on any atom is -0.332 e. The van der Waals surface area contributed by atoms with Crippen molar-refractivity contribution in [1.29, 1.82) is 0 Å². The Morgan fingerprint density at radius 2 is 1.50 bits per heavy atom. The highest BCUT2D eigenvalue weighted by atomic mass is 35.5. The summed E-state index contributed by atoms with van der Waals surface area (Å²) in [6.45, 7) is 0. The molecule has 0 saturated heterocycles. The van der Waals surface area contributed by atoms with Crippen LogP contribution in [0.1, 0.15) is 5.56 Å². The van der Waals surface area contributed by atoms with E-state index in [1.807, 2.05) is 42.5 Å². The number of anilines is 2. The maximum Gasteiger partial charge on any atom is 0.416 e. The largest absolute Gasteiger partial charge is 0.416 e. The first-order valence-electron chi connectivity index (χ1n) is 8.79. The minimum atomic E-state index is -4.37. The number of benzene rings is 3. The summed E-state index contributed by atoms with van der Waals surface area (Å²) in [5, 5.41) is 12.0. The van der Waals surface area contributed by atoms with Gasteiger partial charge in [0.05, 0.1) is 28.0 Å². The molecule has 0 spiro atoms. The van der Waals surface area contributed by atoms with E-state index in [2.05, 4.69) is 15.7 Å². The lowest BCUT2D eigenvalue weighted by Gasteiger charge is -2.12. The van der Waals surface area contributed by atoms with E-state index in [0.29, 0.717) is 10.7 Å². The van der Waals surface area contributed by atoms with Gasteiger partial charge in [-0.25, -0.2) is 4.68 Å². The molecule has 0 aliphatic rings. The Balaban J connectivity index is 1.44. The molecule has 0 fully saturated rings. The number of aromatic nitrogens is 2. The highest BCUT2D eigenvalue weighted by molar-refractivity contribution is 7.80. The number of alkyl halides is 3. The SMILES string of the molecule is FC(F)(F)c1ccc(NC(=S)Nc2ccc(-n3ncc4c(Cl)cccc43)cc2)cc1. The van der Waals surface area contributed by atoms with Crippen LogP contribution in [0.2, 0.25) is 5.02 Å². The molecule has 0 radical (unpaired) electrons. The minimum absolute atomic E-state index is 0.263. The summed E-state index contributed by atoms with van der Waals surface area (Å²) in [5.74, 6) is 0. The number of halogens is 4.